The van der Waals surface area contributed by atoms with Crippen molar-refractivity contribution >= 4 is 16.7 Å². The summed E-state index contributed by atoms with van der Waals surface area (Å²) < 4.78 is 0. The second kappa shape index (κ2) is 5.15. The Hall–Kier alpha value is -1.61. The van der Waals surface area contributed by atoms with E-state index in [1.165, 1.54) is 22.2 Å². The fraction of sp³-hybridized carbons (Fsp3) is 0.357. The van der Waals surface area contributed by atoms with E-state index in [0.717, 1.165) is 13.1 Å². The summed E-state index contributed by atoms with van der Waals surface area (Å²) in [5.41, 5.74) is 3.67. The molecule has 90 valence electrons. The molecular formula is C14H18N2O. The molecule has 1 aromatic heterocycles. The normalized spacial score (nSPS) is 10.9. The molecule has 0 radical (unpaired) electrons. The van der Waals surface area contributed by atoms with Crippen LogP contribution >= 0.6 is 0 Å². The van der Waals surface area contributed by atoms with Crippen LogP contribution in [0.4, 0.5) is 0 Å². The molecule has 0 spiro atoms. The van der Waals surface area contributed by atoms with Gasteiger partial charge in [0.25, 0.3) is 0 Å². The first kappa shape index (κ1) is 11.9. The van der Waals surface area contributed by atoms with Gasteiger partial charge in [-0.3, -0.25) is 4.79 Å². The number of aryl methyl sites for hydroxylation is 1. The lowest BCUT2D eigenvalue weighted by Crippen LogP contribution is -2.17. The number of H-pyrrole nitrogens is 1. The standard InChI is InChI=1S/C14H18N2O/c1-10(17)7-8-15-9-13-11(2)16-14-6-4-3-5-12(13)14/h3-6,15-16H,7-9H2,1-2H3. The van der Waals surface area contributed by atoms with Gasteiger partial charge in [-0.25, -0.2) is 0 Å². The number of carbonyl (C=O) groups is 1. The number of nitrogens with one attached hydrogen (secondary N) is 2. The van der Waals surface area contributed by atoms with E-state index in [1.54, 1.807) is 6.92 Å². The van der Waals surface area contributed by atoms with Crippen molar-refractivity contribution in [3.63, 3.8) is 0 Å². The third-order valence-corrected chi connectivity index (χ3v) is 2.98. The Bertz CT molecular complexity index is 528. The number of aromatic nitrogens is 1. The number of hydrogen-bond donors (Lipinski definition) is 2. The van der Waals surface area contributed by atoms with Crippen LogP contribution in [-0.4, -0.2) is 17.3 Å². The molecule has 2 N–H and O–H groups in total. The van der Waals surface area contributed by atoms with Crippen LogP contribution in [0.1, 0.15) is 24.6 Å². The molecule has 0 aliphatic heterocycles. The molecule has 0 amide bonds. The quantitative estimate of drug-likeness (QED) is 0.775. The zero-order valence-electron chi connectivity index (χ0n) is 10.3. The largest absolute Gasteiger partial charge is 0.358 e. The topological polar surface area (TPSA) is 44.9 Å². The number of aromatic amines is 1. The maximum atomic E-state index is 10.8. The number of benzene rings is 1. The van der Waals surface area contributed by atoms with Gasteiger partial charge >= 0.3 is 0 Å². The molecule has 0 atom stereocenters. The highest BCUT2D eigenvalue weighted by Gasteiger charge is 2.06. The van der Waals surface area contributed by atoms with Gasteiger partial charge in [0.1, 0.15) is 5.78 Å². The summed E-state index contributed by atoms with van der Waals surface area (Å²) in [4.78, 5) is 14.2. The molecule has 0 bridgehead atoms. The number of hydrogen-bond acceptors (Lipinski definition) is 2. The van der Waals surface area contributed by atoms with Crippen molar-refractivity contribution < 1.29 is 4.79 Å². The van der Waals surface area contributed by atoms with E-state index in [1.807, 2.05) is 6.07 Å². The van der Waals surface area contributed by atoms with Crippen molar-refractivity contribution in [2.45, 2.75) is 26.8 Å². The van der Waals surface area contributed by atoms with Crippen molar-refractivity contribution in [3.8, 4) is 0 Å². The van der Waals surface area contributed by atoms with E-state index in [9.17, 15) is 4.79 Å². The first-order valence-corrected chi connectivity index (χ1v) is 5.95. The molecule has 0 aliphatic carbocycles. The third-order valence-electron chi connectivity index (χ3n) is 2.98. The Labute approximate surface area is 101 Å². The Kier molecular flexibility index (Phi) is 3.59. The van der Waals surface area contributed by atoms with Gasteiger partial charge in [-0.05, 0) is 25.5 Å². The Morgan fingerprint density at radius 2 is 2.12 bits per heavy atom. The van der Waals surface area contributed by atoms with Gasteiger partial charge in [0.15, 0.2) is 0 Å². The average Bonchev–Trinajstić information content (AvgIpc) is 2.60. The molecule has 3 heteroatoms. The predicted octanol–water partition coefficient (Wildman–Crippen LogP) is 2.55. The molecule has 3 nitrogen and oxygen atoms in total. The molecular weight excluding hydrogens is 212 g/mol. The highest BCUT2D eigenvalue weighted by Crippen LogP contribution is 2.21. The minimum Gasteiger partial charge on any atom is -0.358 e. The lowest BCUT2D eigenvalue weighted by atomic mass is 10.1. The Morgan fingerprint density at radius 1 is 1.35 bits per heavy atom. The van der Waals surface area contributed by atoms with Gasteiger partial charge in [-0.15, -0.1) is 0 Å². The zero-order valence-corrected chi connectivity index (χ0v) is 10.3. The highest BCUT2D eigenvalue weighted by molar-refractivity contribution is 5.84. The summed E-state index contributed by atoms with van der Waals surface area (Å²) in [6.07, 6.45) is 0.599. The number of Topliss-reactive ketones (excluding diaryl/α,β-unsaturated/α-hetero) is 1. The fourth-order valence-electron chi connectivity index (χ4n) is 2.04. The molecule has 0 unspecified atom stereocenters. The van der Waals surface area contributed by atoms with Crippen molar-refractivity contribution in [2.24, 2.45) is 0 Å². The number of rotatable bonds is 5. The maximum Gasteiger partial charge on any atom is 0.131 e. The Morgan fingerprint density at radius 3 is 2.88 bits per heavy atom. The van der Waals surface area contributed by atoms with Crippen LogP contribution in [0.2, 0.25) is 0 Å². The second-order valence-electron chi connectivity index (χ2n) is 4.40. The van der Waals surface area contributed by atoms with Gasteiger partial charge < -0.3 is 10.3 Å². The third kappa shape index (κ3) is 2.74. The smallest absolute Gasteiger partial charge is 0.131 e. The SMILES string of the molecule is CC(=O)CCNCc1c(C)[nH]c2ccccc12. The van der Waals surface area contributed by atoms with Gasteiger partial charge in [0.2, 0.25) is 0 Å². The molecule has 0 saturated heterocycles. The molecule has 17 heavy (non-hydrogen) atoms. The van der Waals surface area contributed by atoms with Crippen LogP contribution < -0.4 is 5.32 Å². The van der Waals surface area contributed by atoms with Gasteiger partial charge in [-0.2, -0.15) is 0 Å². The molecule has 0 aliphatic rings. The molecule has 1 aromatic carbocycles. The first-order chi connectivity index (χ1) is 8.18. The second-order valence-corrected chi connectivity index (χ2v) is 4.40. The molecule has 2 rings (SSSR count). The van der Waals surface area contributed by atoms with Crippen molar-refractivity contribution in [1.82, 2.24) is 10.3 Å². The Balaban J connectivity index is 2.07. The van der Waals surface area contributed by atoms with Crippen LogP contribution in [0, 0.1) is 6.92 Å². The van der Waals surface area contributed by atoms with Gasteiger partial charge in [-0.1, -0.05) is 18.2 Å². The molecule has 1 heterocycles. The fourth-order valence-corrected chi connectivity index (χ4v) is 2.04. The van der Waals surface area contributed by atoms with E-state index in [4.69, 9.17) is 0 Å². The summed E-state index contributed by atoms with van der Waals surface area (Å²) in [5.74, 6) is 0.230. The van der Waals surface area contributed by atoms with Crippen LogP contribution in [0.3, 0.4) is 0 Å². The molecule has 0 fully saturated rings. The summed E-state index contributed by atoms with van der Waals surface area (Å²) in [6, 6.07) is 8.29. The lowest BCUT2D eigenvalue weighted by Gasteiger charge is -2.03. The first-order valence-electron chi connectivity index (χ1n) is 5.95. The van der Waals surface area contributed by atoms with E-state index in [0.29, 0.717) is 6.42 Å². The van der Waals surface area contributed by atoms with E-state index < -0.39 is 0 Å². The average molecular weight is 230 g/mol. The van der Waals surface area contributed by atoms with Crippen molar-refractivity contribution in [1.29, 1.82) is 0 Å². The lowest BCUT2D eigenvalue weighted by molar-refractivity contribution is -0.116. The highest BCUT2D eigenvalue weighted by atomic mass is 16.1. The van der Waals surface area contributed by atoms with E-state index in [2.05, 4.69) is 35.4 Å². The summed E-state index contributed by atoms with van der Waals surface area (Å²) >= 11 is 0. The van der Waals surface area contributed by atoms with Crippen molar-refractivity contribution in [3.05, 3.63) is 35.5 Å². The van der Waals surface area contributed by atoms with Crippen LogP contribution in [0.25, 0.3) is 10.9 Å². The van der Waals surface area contributed by atoms with Gasteiger partial charge in [0.05, 0.1) is 0 Å². The number of fused-ring (bicyclic) bond motifs is 1. The minimum atomic E-state index is 0.230. The van der Waals surface area contributed by atoms with Crippen LogP contribution in [-0.2, 0) is 11.3 Å². The predicted molar refractivity (Wildman–Crippen MR) is 70.0 cm³/mol. The minimum absolute atomic E-state index is 0.230. The van der Waals surface area contributed by atoms with Crippen LogP contribution in [0.5, 0.6) is 0 Å². The van der Waals surface area contributed by atoms with Crippen LogP contribution in [0.15, 0.2) is 24.3 Å². The van der Waals surface area contributed by atoms with E-state index in [-0.39, 0.29) is 5.78 Å². The van der Waals surface area contributed by atoms with Crippen molar-refractivity contribution in [2.75, 3.05) is 6.54 Å². The molecule has 0 saturated carbocycles. The summed E-state index contributed by atoms with van der Waals surface area (Å²) in [7, 11) is 0. The van der Waals surface area contributed by atoms with Gasteiger partial charge in [0, 0.05) is 36.1 Å². The zero-order chi connectivity index (χ0) is 12.3. The summed E-state index contributed by atoms with van der Waals surface area (Å²) in [5, 5.41) is 4.58. The number of ketones is 1. The molecule has 2 aromatic rings. The maximum absolute atomic E-state index is 10.8. The number of para-hydroxylation sites is 1. The monoisotopic (exact) mass is 230 g/mol. The summed E-state index contributed by atoms with van der Waals surface area (Å²) in [6.45, 7) is 5.26. The van der Waals surface area contributed by atoms with E-state index >= 15 is 0 Å². The number of carbonyl (C=O) groups excluding carboxylic acids is 1.